The predicted molar refractivity (Wildman–Crippen MR) is 196 cm³/mol. The summed E-state index contributed by atoms with van der Waals surface area (Å²) in [5.41, 5.74) is 9.69. The van der Waals surface area contributed by atoms with E-state index < -0.39 is 8.07 Å². The van der Waals surface area contributed by atoms with Crippen molar-refractivity contribution in [2.75, 3.05) is 0 Å². The molecule has 4 heterocycles. The van der Waals surface area contributed by atoms with Crippen LogP contribution in [0.15, 0.2) is 108 Å². The van der Waals surface area contributed by atoms with Crippen molar-refractivity contribution < 1.29 is 28.9 Å². The largest absolute Gasteiger partial charge is 0.500 e. The molecule has 0 amide bonds. The van der Waals surface area contributed by atoms with Crippen LogP contribution in [-0.2, 0) is 20.1 Å². The second-order valence-corrected chi connectivity index (χ2v) is 18.2. The molecule has 4 aromatic heterocycles. The number of rotatable bonds is 4. The fraction of sp³-hybridized carbons (Fsp3) is 0.146. The van der Waals surface area contributed by atoms with Gasteiger partial charge in [0.15, 0.2) is 0 Å². The molecule has 247 valence electrons. The monoisotopic (exact) mass is 839 g/mol. The van der Waals surface area contributed by atoms with E-state index in [0.717, 1.165) is 67.1 Å². The molecule has 4 aromatic carbocycles. The molecule has 8 aromatic rings. The molecule has 49 heavy (non-hydrogen) atoms. The SMILES string of the molecule is C[Si](C)(C)c1ccc(-c2[c-]cccc2)nc1.Cc1cc(-n2c(-c3[c-]cc(C)c4c3oc3cc(F)ccc34)nc3ccccc32)cc(C)n1.[Ir]. The summed E-state index contributed by atoms with van der Waals surface area (Å²) in [6.45, 7) is 13.0. The van der Waals surface area contributed by atoms with Crippen LogP contribution in [0.5, 0.6) is 0 Å². The van der Waals surface area contributed by atoms with Crippen molar-refractivity contribution in [3.63, 3.8) is 0 Å². The van der Waals surface area contributed by atoms with E-state index in [4.69, 9.17) is 9.40 Å². The molecule has 0 saturated heterocycles. The zero-order valence-electron chi connectivity index (χ0n) is 28.2. The van der Waals surface area contributed by atoms with Gasteiger partial charge in [-0.3, -0.25) is 9.97 Å². The maximum Gasteiger partial charge on any atom is 0.126 e. The Bertz CT molecular complexity index is 2410. The predicted octanol–water partition coefficient (Wildman–Crippen LogP) is 9.94. The van der Waals surface area contributed by atoms with E-state index in [0.29, 0.717) is 11.2 Å². The maximum absolute atomic E-state index is 13.9. The summed E-state index contributed by atoms with van der Waals surface area (Å²) in [5, 5.41) is 3.23. The van der Waals surface area contributed by atoms with Crippen LogP contribution in [0.3, 0.4) is 0 Å². The van der Waals surface area contributed by atoms with Crippen molar-refractivity contribution >= 4 is 46.2 Å². The van der Waals surface area contributed by atoms with Crippen LogP contribution >= 0.6 is 0 Å². The first-order valence-corrected chi connectivity index (χ1v) is 19.5. The molecule has 5 nitrogen and oxygen atoms in total. The molecule has 0 aliphatic carbocycles. The minimum absolute atomic E-state index is 0. The molecule has 0 N–H and O–H groups in total. The first kappa shape index (κ1) is 34.1. The number of aromatic nitrogens is 4. The minimum atomic E-state index is -1.23. The number of hydrogen-bond acceptors (Lipinski definition) is 4. The van der Waals surface area contributed by atoms with E-state index in [-0.39, 0.29) is 25.9 Å². The summed E-state index contributed by atoms with van der Waals surface area (Å²) in [4.78, 5) is 14.0. The van der Waals surface area contributed by atoms with Crippen LogP contribution in [0.2, 0.25) is 19.6 Å². The van der Waals surface area contributed by atoms with Gasteiger partial charge in [-0.25, -0.2) is 4.39 Å². The second-order valence-electron chi connectivity index (χ2n) is 13.1. The quantitative estimate of drug-likeness (QED) is 0.131. The zero-order valence-corrected chi connectivity index (χ0v) is 31.6. The number of pyridine rings is 2. The number of aryl methyl sites for hydroxylation is 3. The van der Waals surface area contributed by atoms with Gasteiger partial charge in [0.25, 0.3) is 0 Å². The molecular weight excluding hydrogens is 804 g/mol. The van der Waals surface area contributed by atoms with Crippen molar-refractivity contribution in [1.29, 1.82) is 0 Å². The number of nitrogens with zero attached hydrogens (tertiary/aromatic N) is 4. The van der Waals surface area contributed by atoms with Crippen LogP contribution in [0.1, 0.15) is 17.0 Å². The summed E-state index contributed by atoms with van der Waals surface area (Å²) < 4.78 is 22.2. The van der Waals surface area contributed by atoms with Gasteiger partial charge in [0.05, 0.1) is 30.5 Å². The van der Waals surface area contributed by atoms with Crippen molar-refractivity contribution in [3.8, 4) is 28.3 Å². The van der Waals surface area contributed by atoms with Gasteiger partial charge in [0, 0.05) is 54.8 Å². The Kier molecular flexibility index (Phi) is 9.49. The molecule has 0 saturated carbocycles. The van der Waals surface area contributed by atoms with Gasteiger partial charge in [0.2, 0.25) is 0 Å². The molecule has 0 unspecified atom stereocenters. The van der Waals surface area contributed by atoms with Gasteiger partial charge in [-0.2, -0.15) is 0 Å². The number of halogens is 1. The molecule has 0 aliphatic heterocycles. The van der Waals surface area contributed by atoms with Crippen molar-refractivity contribution in [2.24, 2.45) is 0 Å². The maximum atomic E-state index is 13.9. The number of fused-ring (bicyclic) bond motifs is 4. The van der Waals surface area contributed by atoms with Crippen LogP contribution < -0.4 is 5.19 Å². The average Bonchev–Trinajstić information content (AvgIpc) is 3.64. The third-order valence-electron chi connectivity index (χ3n) is 8.43. The van der Waals surface area contributed by atoms with Crippen molar-refractivity contribution in [3.05, 3.63) is 138 Å². The standard InChI is InChI=1S/C27H19FN3O.C14H16NSi.Ir/c1-15-8-10-21(26-25(15)20-11-9-18(28)14-24(20)32-26)27-30-22-6-4-5-7-23(22)31(27)19-12-16(2)29-17(3)13-19;1-16(2,3)13-9-10-14(15-11-13)12-7-5-4-6-8-12;/h4-9,11-14H,1-3H3;4-7,9-11H,1-3H3;/q2*-1;. The summed E-state index contributed by atoms with van der Waals surface area (Å²) >= 11 is 0. The first-order chi connectivity index (χ1) is 23.1. The van der Waals surface area contributed by atoms with Gasteiger partial charge in [0.1, 0.15) is 11.4 Å². The fourth-order valence-corrected chi connectivity index (χ4v) is 7.10. The summed E-state index contributed by atoms with van der Waals surface area (Å²) in [7, 11) is -1.23. The van der Waals surface area contributed by atoms with Gasteiger partial charge in [-0.15, -0.1) is 53.6 Å². The van der Waals surface area contributed by atoms with E-state index in [1.54, 1.807) is 6.07 Å². The summed E-state index contributed by atoms with van der Waals surface area (Å²) in [6, 6.07) is 37.5. The number of hydrogen-bond donors (Lipinski definition) is 0. The third-order valence-corrected chi connectivity index (χ3v) is 10.5. The Balaban J connectivity index is 0.000000208. The topological polar surface area (TPSA) is 56.7 Å². The van der Waals surface area contributed by atoms with E-state index in [1.165, 1.54) is 17.3 Å². The first-order valence-electron chi connectivity index (χ1n) is 16.0. The van der Waals surface area contributed by atoms with E-state index in [2.05, 4.69) is 64.5 Å². The van der Waals surface area contributed by atoms with Gasteiger partial charge in [-0.05, 0) is 61.1 Å². The molecule has 0 bridgehead atoms. The van der Waals surface area contributed by atoms with E-state index in [1.807, 2.05) is 87.6 Å². The molecule has 0 aliphatic rings. The molecule has 0 spiro atoms. The average molecular weight is 839 g/mol. The van der Waals surface area contributed by atoms with E-state index in [9.17, 15) is 4.39 Å². The Morgan fingerprint density at radius 1 is 0.816 bits per heavy atom. The number of imidazole rings is 1. The van der Waals surface area contributed by atoms with Gasteiger partial charge in [-0.1, -0.05) is 61.8 Å². The third kappa shape index (κ3) is 6.77. The van der Waals surface area contributed by atoms with Gasteiger partial charge >= 0.3 is 0 Å². The molecule has 0 atom stereocenters. The van der Waals surface area contributed by atoms with Crippen molar-refractivity contribution in [2.45, 2.75) is 40.4 Å². The number of para-hydroxylation sites is 2. The Morgan fingerprint density at radius 3 is 2.27 bits per heavy atom. The van der Waals surface area contributed by atoms with Crippen LogP contribution in [-0.4, -0.2) is 27.6 Å². The molecule has 8 rings (SSSR count). The van der Waals surface area contributed by atoms with Crippen molar-refractivity contribution in [1.82, 2.24) is 19.5 Å². The molecule has 0 fully saturated rings. The normalized spacial score (nSPS) is 11.4. The Labute approximate surface area is 300 Å². The Hall–Kier alpha value is -4.75. The fourth-order valence-electron chi connectivity index (χ4n) is 6.07. The molecule has 1 radical (unpaired) electrons. The van der Waals surface area contributed by atoms with E-state index >= 15 is 0 Å². The zero-order chi connectivity index (χ0) is 33.6. The number of benzene rings is 4. The smallest absolute Gasteiger partial charge is 0.126 e. The number of furan rings is 1. The summed E-state index contributed by atoms with van der Waals surface area (Å²) in [5.74, 6) is 0.399. The van der Waals surface area contributed by atoms with Gasteiger partial charge < -0.3 is 14.0 Å². The van der Waals surface area contributed by atoms with Crippen LogP contribution in [0.4, 0.5) is 4.39 Å². The summed E-state index contributed by atoms with van der Waals surface area (Å²) in [6.07, 6.45) is 2.02. The van der Waals surface area contributed by atoms with Crippen LogP contribution in [0, 0.1) is 38.7 Å². The molecule has 8 heteroatoms. The second kappa shape index (κ2) is 13.6. The molecular formula is C41H35FIrN4OSi-2. The Morgan fingerprint density at radius 2 is 1.57 bits per heavy atom. The van der Waals surface area contributed by atoms with Crippen LogP contribution in [0.25, 0.3) is 61.3 Å². The minimum Gasteiger partial charge on any atom is -0.500 e.